The van der Waals surface area contributed by atoms with E-state index in [0.29, 0.717) is 29.5 Å². The Morgan fingerprint density at radius 2 is 1.62 bits per heavy atom. The molecule has 0 aliphatic rings. The van der Waals surface area contributed by atoms with Gasteiger partial charge in [0.05, 0.1) is 12.2 Å². The molecule has 0 heterocycles. The standard InChI is InChI=1S/C18H21N3O3/c1-13(2)12-24-16-11-7-6-10-15(16)17(22)20-21-18(23)19-14-8-4-3-5-9-14/h3-11,13H,12H2,1-2H3,(H,20,22)(H2,19,21,23). The third kappa shape index (κ3) is 5.31. The fraction of sp³-hybridized carbons (Fsp3) is 0.222. The minimum Gasteiger partial charge on any atom is -0.492 e. The highest BCUT2D eigenvalue weighted by Crippen LogP contribution is 2.18. The predicted molar refractivity (Wildman–Crippen MR) is 92.8 cm³/mol. The van der Waals surface area contributed by atoms with Crippen molar-refractivity contribution in [2.24, 2.45) is 5.92 Å². The molecule has 0 aromatic heterocycles. The van der Waals surface area contributed by atoms with Crippen LogP contribution >= 0.6 is 0 Å². The molecule has 0 radical (unpaired) electrons. The largest absolute Gasteiger partial charge is 0.492 e. The van der Waals surface area contributed by atoms with Gasteiger partial charge in [0.25, 0.3) is 5.91 Å². The zero-order valence-corrected chi connectivity index (χ0v) is 13.7. The highest BCUT2D eigenvalue weighted by atomic mass is 16.5. The van der Waals surface area contributed by atoms with Crippen molar-refractivity contribution in [3.63, 3.8) is 0 Å². The van der Waals surface area contributed by atoms with Crippen LogP contribution in [-0.4, -0.2) is 18.5 Å². The topological polar surface area (TPSA) is 79.5 Å². The lowest BCUT2D eigenvalue weighted by Crippen LogP contribution is -2.44. The summed E-state index contributed by atoms with van der Waals surface area (Å²) < 4.78 is 5.63. The van der Waals surface area contributed by atoms with Crippen molar-refractivity contribution in [3.8, 4) is 5.75 Å². The number of hydrogen-bond acceptors (Lipinski definition) is 3. The number of anilines is 1. The average molecular weight is 327 g/mol. The number of hydrazine groups is 1. The van der Waals surface area contributed by atoms with Crippen LogP contribution in [0.4, 0.5) is 10.5 Å². The smallest absolute Gasteiger partial charge is 0.337 e. The fourth-order valence-electron chi connectivity index (χ4n) is 1.90. The minimum absolute atomic E-state index is 0.343. The van der Waals surface area contributed by atoms with E-state index in [2.05, 4.69) is 16.2 Å². The Bertz CT molecular complexity index is 687. The first kappa shape index (κ1) is 17.3. The monoisotopic (exact) mass is 327 g/mol. The molecule has 0 saturated heterocycles. The maximum atomic E-state index is 12.2. The van der Waals surface area contributed by atoms with Crippen LogP contribution < -0.4 is 20.9 Å². The number of carbonyl (C=O) groups is 2. The second kappa shape index (κ2) is 8.57. The van der Waals surface area contributed by atoms with Crippen molar-refractivity contribution in [3.05, 3.63) is 60.2 Å². The number of nitrogens with one attached hydrogen (secondary N) is 3. The van der Waals surface area contributed by atoms with Gasteiger partial charge < -0.3 is 10.1 Å². The van der Waals surface area contributed by atoms with E-state index in [9.17, 15) is 9.59 Å². The van der Waals surface area contributed by atoms with Crippen molar-refractivity contribution < 1.29 is 14.3 Å². The number of benzene rings is 2. The second-order valence-corrected chi connectivity index (χ2v) is 5.60. The zero-order valence-electron chi connectivity index (χ0n) is 13.7. The van der Waals surface area contributed by atoms with Crippen molar-refractivity contribution in [1.29, 1.82) is 0 Å². The number of hydrogen-bond donors (Lipinski definition) is 3. The van der Waals surface area contributed by atoms with Gasteiger partial charge in [0.2, 0.25) is 0 Å². The third-order valence-electron chi connectivity index (χ3n) is 3.03. The molecular formula is C18H21N3O3. The molecule has 0 aliphatic heterocycles. The molecule has 126 valence electrons. The third-order valence-corrected chi connectivity index (χ3v) is 3.03. The predicted octanol–water partition coefficient (Wildman–Crippen LogP) is 3.19. The van der Waals surface area contributed by atoms with Crippen molar-refractivity contribution in [1.82, 2.24) is 10.9 Å². The highest BCUT2D eigenvalue weighted by Gasteiger charge is 2.13. The number of rotatable bonds is 5. The quantitative estimate of drug-likeness (QED) is 0.738. The van der Waals surface area contributed by atoms with Crippen LogP contribution in [0.15, 0.2) is 54.6 Å². The molecular weight excluding hydrogens is 306 g/mol. The number of amides is 3. The van der Waals surface area contributed by atoms with Gasteiger partial charge in [-0.15, -0.1) is 0 Å². The second-order valence-electron chi connectivity index (χ2n) is 5.60. The van der Waals surface area contributed by atoms with Gasteiger partial charge in [-0.3, -0.25) is 10.2 Å². The lowest BCUT2D eigenvalue weighted by Gasteiger charge is -2.13. The van der Waals surface area contributed by atoms with E-state index in [4.69, 9.17) is 4.74 Å². The molecule has 3 N–H and O–H groups in total. The molecule has 0 aliphatic carbocycles. The maximum Gasteiger partial charge on any atom is 0.337 e. The summed E-state index contributed by atoms with van der Waals surface area (Å²) in [5.74, 6) is 0.377. The summed E-state index contributed by atoms with van der Waals surface area (Å²) in [5.41, 5.74) is 5.67. The van der Waals surface area contributed by atoms with E-state index < -0.39 is 11.9 Å². The molecule has 6 nitrogen and oxygen atoms in total. The van der Waals surface area contributed by atoms with Gasteiger partial charge in [-0.25, -0.2) is 10.2 Å². The fourth-order valence-corrected chi connectivity index (χ4v) is 1.90. The number of urea groups is 1. The molecule has 2 aromatic carbocycles. The summed E-state index contributed by atoms with van der Waals surface area (Å²) >= 11 is 0. The number of ether oxygens (including phenoxy) is 1. The molecule has 2 rings (SSSR count). The van der Waals surface area contributed by atoms with Crippen LogP contribution in [-0.2, 0) is 0 Å². The summed E-state index contributed by atoms with van der Waals surface area (Å²) in [6, 6.07) is 15.3. The first-order valence-electron chi connectivity index (χ1n) is 7.70. The van der Waals surface area contributed by atoms with Gasteiger partial charge >= 0.3 is 6.03 Å². The number of para-hydroxylation sites is 2. The van der Waals surface area contributed by atoms with Crippen LogP contribution in [0, 0.1) is 5.92 Å². The first-order valence-corrected chi connectivity index (χ1v) is 7.70. The minimum atomic E-state index is -0.532. The highest BCUT2D eigenvalue weighted by molar-refractivity contribution is 5.99. The Balaban J connectivity index is 1.91. The molecule has 6 heteroatoms. The van der Waals surface area contributed by atoms with Crippen molar-refractivity contribution >= 4 is 17.6 Å². The van der Waals surface area contributed by atoms with E-state index in [1.807, 2.05) is 19.9 Å². The van der Waals surface area contributed by atoms with Crippen molar-refractivity contribution in [2.75, 3.05) is 11.9 Å². The van der Waals surface area contributed by atoms with Gasteiger partial charge in [-0.05, 0) is 30.2 Å². The molecule has 0 spiro atoms. The van der Waals surface area contributed by atoms with Crippen LogP contribution in [0.5, 0.6) is 5.75 Å². The molecule has 0 fully saturated rings. The normalized spacial score (nSPS) is 10.1. The van der Waals surface area contributed by atoms with Crippen LogP contribution in [0.25, 0.3) is 0 Å². The zero-order chi connectivity index (χ0) is 17.4. The Hall–Kier alpha value is -3.02. The van der Waals surface area contributed by atoms with E-state index in [-0.39, 0.29) is 0 Å². The Kier molecular flexibility index (Phi) is 6.19. The molecule has 3 amide bonds. The SMILES string of the molecule is CC(C)COc1ccccc1C(=O)NNC(=O)Nc1ccccc1. The lowest BCUT2D eigenvalue weighted by atomic mass is 10.2. The van der Waals surface area contributed by atoms with Gasteiger partial charge in [-0.1, -0.05) is 44.2 Å². The van der Waals surface area contributed by atoms with Crippen molar-refractivity contribution in [2.45, 2.75) is 13.8 Å². The summed E-state index contributed by atoms with van der Waals surface area (Å²) in [5, 5.41) is 2.61. The Morgan fingerprint density at radius 1 is 0.958 bits per heavy atom. The molecule has 2 aromatic rings. The van der Waals surface area contributed by atoms with E-state index in [0.717, 1.165) is 0 Å². The molecule has 24 heavy (non-hydrogen) atoms. The summed E-state index contributed by atoms with van der Waals surface area (Å²) in [4.78, 5) is 24.0. The average Bonchev–Trinajstić information content (AvgIpc) is 2.59. The van der Waals surface area contributed by atoms with Gasteiger partial charge in [0.1, 0.15) is 5.75 Å². The molecule has 0 unspecified atom stereocenters. The van der Waals surface area contributed by atoms with Crippen LogP contribution in [0.3, 0.4) is 0 Å². The summed E-state index contributed by atoms with van der Waals surface area (Å²) in [6.07, 6.45) is 0. The van der Waals surface area contributed by atoms with Gasteiger partial charge in [-0.2, -0.15) is 0 Å². The maximum absolute atomic E-state index is 12.2. The summed E-state index contributed by atoms with van der Waals surface area (Å²) in [7, 11) is 0. The molecule has 0 bridgehead atoms. The first-order chi connectivity index (χ1) is 11.6. The lowest BCUT2D eigenvalue weighted by molar-refractivity contribution is 0.0933. The van der Waals surface area contributed by atoms with E-state index in [1.54, 1.807) is 48.5 Å². The van der Waals surface area contributed by atoms with E-state index in [1.165, 1.54) is 0 Å². The van der Waals surface area contributed by atoms with E-state index >= 15 is 0 Å². The Labute approximate surface area is 141 Å². The Morgan fingerprint density at radius 3 is 2.33 bits per heavy atom. The molecule has 0 saturated carbocycles. The van der Waals surface area contributed by atoms with Crippen LogP contribution in [0.2, 0.25) is 0 Å². The number of carbonyl (C=O) groups excluding carboxylic acids is 2. The van der Waals surface area contributed by atoms with Gasteiger partial charge in [0, 0.05) is 5.69 Å². The van der Waals surface area contributed by atoms with Crippen LogP contribution in [0.1, 0.15) is 24.2 Å². The van der Waals surface area contributed by atoms with Gasteiger partial charge in [0.15, 0.2) is 0 Å². The summed E-state index contributed by atoms with van der Waals surface area (Å²) in [6.45, 7) is 4.56. The molecule has 0 atom stereocenters.